The Morgan fingerprint density at radius 3 is 2.67 bits per heavy atom. The van der Waals surface area contributed by atoms with Crippen LogP contribution in [0.1, 0.15) is 24.2 Å². The molecular weight excluding hydrogens is 230 g/mol. The average Bonchev–Trinajstić information content (AvgIpc) is 2.28. The highest BCUT2D eigenvalue weighted by Gasteiger charge is 2.28. The van der Waals surface area contributed by atoms with Crippen LogP contribution in [0.4, 0.5) is 0 Å². The van der Waals surface area contributed by atoms with Gasteiger partial charge in [-0.25, -0.2) is 0 Å². The molecule has 0 amide bonds. The van der Waals surface area contributed by atoms with E-state index < -0.39 is 0 Å². The summed E-state index contributed by atoms with van der Waals surface area (Å²) < 4.78 is 5.61. The number of phenols is 1. The predicted molar refractivity (Wildman–Crippen MR) is 68.9 cm³/mol. The lowest BCUT2D eigenvalue weighted by Crippen LogP contribution is -2.49. The van der Waals surface area contributed by atoms with Crippen molar-refractivity contribution in [3.63, 3.8) is 0 Å². The molecule has 0 saturated carbocycles. The van der Waals surface area contributed by atoms with Crippen molar-refractivity contribution >= 4 is 5.78 Å². The number of hydrogen-bond acceptors (Lipinski definition) is 4. The van der Waals surface area contributed by atoms with Crippen molar-refractivity contribution in [3.8, 4) is 5.75 Å². The van der Waals surface area contributed by atoms with Crippen LogP contribution < -0.4 is 0 Å². The fraction of sp³-hybridized carbons (Fsp3) is 0.500. The summed E-state index contributed by atoms with van der Waals surface area (Å²) in [7, 11) is 0. The van der Waals surface area contributed by atoms with E-state index in [9.17, 15) is 9.90 Å². The second-order valence-corrected chi connectivity index (χ2v) is 5.29. The van der Waals surface area contributed by atoms with Gasteiger partial charge in [-0.3, -0.25) is 9.69 Å². The van der Waals surface area contributed by atoms with Crippen molar-refractivity contribution in [1.82, 2.24) is 4.90 Å². The van der Waals surface area contributed by atoms with Gasteiger partial charge in [-0.1, -0.05) is 0 Å². The van der Waals surface area contributed by atoms with Crippen LogP contribution in [0.25, 0.3) is 0 Å². The molecule has 0 unspecified atom stereocenters. The first-order chi connectivity index (χ1) is 8.46. The maximum absolute atomic E-state index is 12.1. The third kappa shape index (κ3) is 3.31. The zero-order chi connectivity index (χ0) is 13.2. The number of carbonyl (C=O) groups excluding carboxylic acids is 1. The zero-order valence-corrected chi connectivity index (χ0v) is 10.8. The molecule has 4 heteroatoms. The summed E-state index contributed by atoms with van der Waals surface area (Å²) in [5, 5.41) is 9.19. The van der Waals surface area contributed by atoms with Crippen molar-refractivity contribution in [2.75, 3.05) is 26.2 Å². The number of nitrogens with zero attached hydrogens (tertiary/aromatic N) is 1. The van der Waals surface area contributed by atoms with E-state index in [0.717, 1.165) is 13.1 Å². The van der Waals surface area contributed by atoms with Gasteiger partial charge >= 0.3 is 0 Å². The summed E-state index contributed by atoms with van der Waals surface area (Å²) in [6.07, 6.45) is 0. The predicted octanol–water partition coefficient (Wildman–Crippen LogP) is 1.69. The highest BCUT2D eigenvalue weighted by atomic mass is 16.5. The van der Waals surface area contributed by atoms with E-state index >= 15 is 0 Å². The number of Topliss-reactive ketones (excluding diaryl/α,β-unsaturated/α-hetero) is 1. The number of ether oxygens (including phenoxy) is 1. The van der Waals surface area contributed by atoms with E-state index in [0.29, 0.717) is 18.7 Å². The van der Waals surface area contributed by atoms with E-state index in [-0.39, 0.29) is 17.1 Å². The number of rotatable bonds is 3. The van der Waals surface area contributed by atoms with Crippen LogP contribution in [-0.2, 0) is 4.74 Å². The third-order valence-corrected chi connectivity index (χ3v) is 3.06. The molecule has 1 aliphatic rings. The van der Waals surface area contributed by atoms with E-state index in [1.165, 1.54) is 12.1 Å². The molecule has 1 aliphatic heterocycles. The molecule has 1 heterocycles. The van der Waals surface area contributed by atoms with Gasteiger partial charge in [0.05, 0.1) is 18.8 Å². The van der Waals surface area contributed by atoms with Gasteiger partial charge in [-0.15, -0.1) is 0 Å². The molecule has 98 valence electrons. The van der Waals surface area contributed by atoms with Crippen LogP contribution in [0.3, 0.4) is 0 Å². The minimum atomic E-state index is -0.187. The minimum absolute atomic E-state index is 0.0766. The van der Waals surface area contributed by atoms with Crippen LogP contribution in [0.5, 0.6) is 5.75 Å². The maximum atomic E-state index is 12.1. The molecule has 0 spiro atoms. The Balaban J connectivity index is 1.97. The van der Waals surface area contributed by atoms with Gasteiger partial charge < -0.3 is 9.84 Å². The molecule has 0 bridgehead atoms. The van der Waals surface area contributed by atoms with Gasteiger partial charge in [0.1, 0.15) is 5.75 Å². The monoisotopic (exact) mass is 249 g/mol. The van der Waals surface area contributed by atoms with Crippen molar-refractivity contribution in [2.45, 2.75) is 19.4 Å². The van der Waals surface area contributed by atoms with Gasteiger partial charge in [0.2, 0.25) is 0 Å². The first-order valence-corrected chi connectivity index (χ1v) is 6.15. The standard InChI is InChI=1S/C14H19NO3/c1-14(2)10-15(7-8-18-14)9-13(17)11-3-5-12(16)6-4-11/h3-6,16H,7-10H2,1-2H3. The summed E-state index contributed by atoms with van der Waals surface area (Å²) >= 11 is 0. The Kier molecular flexibility index (Phi) is 3.68. The highest BCUT2D eigenvalue weighted by Crippen LogP contribution is 2.17. The summed E-state index contributed by atoms with van der Waals surface area (Å²) in [6.45, 7) is 6.67. The van der Waals surface area contributed by atoms with Gasteiger partial charge in [-0.2, -0.15) is 0 Å². The smallest absolute Gasteiger partial charge is 0.176 e. The molecule has 2 rings (SSSR count). The fourth-order valence-electron chi connectivity index (χ4n) is 2.19. The lowest BCUT2D eigenvalue weighted by atomic mass is 10.1. The quantitative estimate of drug-likeness (QED) is 0.828. The lowest BCUT2D eigenvalue weighted by Gasteiger charge is -2.37. The second kappa shape index (κ2) is 5.08. The van der Waals surface area contributed by atoms with Gasteiger partial charge in [0.15, 0.2) is 5.78 Å². The maximum Gasteiger partial charge on any atom is 0.176 e. The average molecular weight is 249 g/mol. The molecule has 0 aromatic heterocycles. The number of morpholine rings is 1. The largest absolute Gasteiger partial charge is 0.508 e. The number of aromatic hydroxyl groups is 1. The van der Waals surface area contributed by atoms with E-state index in [2.05, 4.69) is 4.90 Å². The van der Waals surface area contributed by atoms with Crippen molar-refractivity contribution in [2.24, 2.45) is 0 Å². The van der Waals surface area contributed by atoms with E-state index in [1.54, 1.807) is 12.1 Å². The summed E-state index contributed by atoms with van der Waals surface area (Å²) in [4.78, 5) is 14.2. The fourth-order valence-corrected chi connectivity index (χ4v) is 2.19. The first kappa shape index (κ1) is 13.1. The van der Waals surface area contributed by atoms with E-state index in [1.807, 2.05) is 13.8 Å². The van der Waals surface area contributed by atoms with Crippen molar-refractivity contribution < 1.29 is 14.6 Å². The van der Waals surface area contributed by atoms with Crippen LogP contribution in [-0.4, -0.2) is 47.6 Å². The number of carbonyl (C=O) groups is 1. The molecule has 18 heavy (non-hydrogen) atoms. The van der Waals surface area contributed by atoms with Crippen LogP contribution in [0.15, 0.2) is 24.3 Å². The summed E-state index contributed by atoms with van der Waals surface area (Å²) in [5.41, 5.74) is 0.449. The van der Waals surface area contributed by atoms with Gasteiger partial charge in [0.25, 0.3) is 0 Å². The summed E-state index contributed by atoms with van der Waals surface area (Å²) in [5.74, 6) is 0.256. The van der Waals surface area contributed by atoms with E-state index in [4.69, 9.17) is 4.74 Å². The van der Waals surface area contributed by atoms with Gasteiger partial charge in [0, 0.05) is 18.7 Å². The Morgan fingerprint density at radius 1 is 1.39 bits per heavy atom. The lowest BCUT2D eigenvalue weighted by molar-refractivity contribution is -0.0833. The highest BCUT2D eigenvalue weighted by molar-refractivity contribution is 5.97. The normalized spacial score (nSPS) is 19.7. The minimum Gasteiger partial charge on any atom is -0.508 e. The second-order valence-electron chi connectivity index (χ2n) is 5.29. The molecule has 4 nitrogen and oxygen atoms in total. The molecule has 1 fully saturated rings. The molecule has 1 saturated heterocycles. The number of ketones is 1. The Hall–Kier alpha value is -1.39. The number of phenolic OH excluding ortho intramolecular Hbond substituents is 1. The third-order valence-electron chi connectivity index (χ3n) is 3.06. The van der Waals surface area contributed by atoms with Crippen LogP contribution in [0, 0.1) is 0 Å². The molecule has 1 aromatic carbocycles. The Labute approximate surface area is 107 Å². The Morgan fingerprint density at radius 2 is 2.06 bits per heavy atom. The molecule has 1 aromatic rings. The van der Waals surface area contributed by atoms with Crippen LogP contribution >= 0.6 is 0 Å². The van der Waals surface area contributed by atoms with Crippen LogP contribution in [0.2, 0.25) is 0 Å². The molecule has 0 atom stereocenters. The molecule has 0 aliphatic carbocycles. The zero-order valence-electron chi connectivity index (χ0n) is 10.8. The molecular formula is C14H19NO3. The van der Waals surface area contributed by atoms with Crippen molar-refractivity contribution in [1.29, 1.82) is 0 Å². The van der Waals surface area contributed by atoms with Gasteiger partial charge in [-0.05, 0) is 38.1 Å². The SMILES string of the molecule is CC1(C)CN(CC(=O)c2ccc(O)cc2)CCO1. The number of hydrogen-bond donors (Lipinski definition) is 1. The number of benzene rings is 1. The molecule has 0 radical (unpaired) electrons. The Bertz CT molecular complexity index is 425. The topological polar surface area (TPSA) is 49.8 Å². The molecule has 1 N–H and O–H groups in total. The summed E-state index contributed by atoms with van der Waals surface area (Å²) in [6, 6.07) is 6.39. The van der Waals surface area contributed by atoms with Crippen molar-refractivity contribution in [3.05, 3.63) is 29.8 Å². The first-order valence-electron chi connectivity index (χ1n) is 6.15.